The first kappa shape index (κ1) is 8.14. The lowest BCUT2D eigenvalue weighted by atomic mass is 10.1. The van der Waals surface area contributed by atoms with E-state index in [2.05, 4.69) is 5.11 Å². The number of rotatable bonds is 2. The molecule has 3 nitrogen and oxygen atoms in total. The summed E-state index contributed by atoms with van der Waals surface area (Å²) >= 11 is 0. The van der Waals surface area contributed by atoms with E-state index in [0.717, 1.165) is 0 Å². The van der Waals surface area contributed by atoms with Crippen LogP contribution in [0.25, 0.3) is 0 Å². The molecule has 9 heavy (non-hydrogen) atoms. The fourth-order valence-corrected chi connectivity index (χ4v) is 0.482. The minimum absolute atomic E-state index is 0.291. The zero-order valence-corrected chi connectivity index (χ0v) is 6.10. The van der Waals surface area contributed by atoms with Crippen LogP contribution in [0.15, 0.2) is 16.5 Å². The molecule has 0 saturated heterocycles. The van der Waals surface area contributed by atoms with Gasteiger partial charge in [0.25, 0.3) is 0 Å². The van der Waals surface area contributed by atoms with Crippen LogP contribution < -0.4 is 5.73 Å². The van der Waals surface area contributed by atoms with Crippen molar-refractivity contribution in [3.05, 3.63) is 11.4 Å². The highest BCUT2D eigenvalue weighted by atomic mass is 15.0. The second-order valence-corrected chi connectivity index (χ2v) is 2.31. The summed E-state index contributed by atoms with van der Waals surface area (Å²) in [7, 11) is 0. The number of hydrogen-bond acceptors (Lipinski definition) is 3. The molecule has 3 N–H and O–H groups in total. The first-order valence-electron chi connectivity index (χ1n) is 2.93. The van der Waals surface area contributed by atoms with Gasteiger partial charge in [0.05, 0.1) is 5.70 Å². The Morgan fingerprint density at radius 1 is 1.56 bits per heavy atom. The Balaban J connectivity index is 4.27. The van der Waals surface area contributed by atoms with Crippen LogP contribution in [0, 0.1) is 11.4 Å². The van der Waals surface area contributed by atoms with E-state index in [9.17, 15) is 0 Å². The average molecular weight is 127 g/mol. The molecule has 0 amide bonds. The minimum atomic E-state index is 0.291. The van der Waals surface area contributed by atoms with E-state index in [0.29, 0.717) is 17.3 Å². The maximum absolute atomic E-state index is 6.62. The van der Waals surface area contributed by atoms with Gasteiger partial charge in [0.1, 0.15) is 0 Å². The van der Waals surface area contributed by atoms with Crippen molar-refractivity contribution < 1.29 is 0 Å². The van der Waals surface area contributed by atoms with Gasteiger partial charge in [0.2, 0.25) is 0 Å². The summed E-state index contributed by atoms with van der Waals surface area (Å²) in [5, 5.41) is 3.21. The van der Waals surface area contributed by atoms with Gasteiger partial charge in [0.15, 0.2) is 0 Å². The minimum Gasteiger partial charge on any atom is -0.400 e. The van der Waals surface area contributed by atoms with Gasteiger partial charge in [-0.3, -0.25) is 0 Å². The normalized spacial score (nSPS) is 13.3. The fourth-order valence-electron chi connectivity index (χ4n) is 0.482. The Labute approximate surface area is 55.5 Å². The smallest absolute Gasteiger partial charge is 0.0782 e. The molecular formula is C6H13N3. The van der Waals surface area contributed by atoms with Crippen LogP contribution in [0.3, 0.4) is 0 Å². The second kappa shape index (κ2) is 3.22. The van der Waals surface area contributed by atoms with E-state index < -0.39 is 0 Å². The fraction of sp³-hybridized carbons (Fsp3) is 0.667. The Morgan fingerprint density at radius 2 is 2.00 bits per heavy atom. The third kappa shape index (κ3) is 2.26. The molecule has 0 aliphatic rings. The zero-order chi connectivity index (χ0) is 7.44. The summed E-state index contributed by atoms with van der Waals surface area (Å²) in [6.45, 7) is 5.69. The highest BCUT2D eigenvalue weighted by Gasteiger charge is 2.00. The molecule has 0 heterocycles. The molecule has 0 fully saturated rings. The van der Waals surface area contributed by atoms with Gasteiger partial charge in [-0.25, -0.2) is 5.53 Å². The molecule has 0 rings (SSSR count). The summed E-state index contributed by atoms with van der Waals surface area (Å²) < 4.78 is 0. The lowest BCUT2D eigenvalue weighted by Gasteiger charge is -2.04. The first-order chi connectivity index (χ1) is 4.09. The standard InChI is InChI=1S/C6H13N3/c1-4(2)6(7)5(3)9-8/h4,8H,7H2,1-3H3/b6-5-,9-8?. The predicted molar refractivity (Wildman–Crippen MR) is 36.9 cm³/mol. The zero-order valence-electron chi connectivity index (χ0n) is 6.10. The van der Waals surface area contributed by atoms with Gasteiger partial charge < -0.3 is 5.73 Å². The molecular weight excluding hydrogens is 114 g/mol. The van der Waals surface area contributed by atoms with Crippen LogP contribution in [0.5, 0.6) is 0 Å². The molecule has 0 aliphatic heterocycles. The molecule has 0 saturated carbocycles. The molecule has 0 atom stereocenters. The highest BCUT2D eigenvalue weighted by Crippen LogP contribution is 2.08. The van der Waals surface area contributed by atoms with E-state index in [1.165, 1.54) is 0 Å². The van der Waals surface area contributed by atoms with Gasteiger partial charge in [-0.15, -0.1) is 0 Å². The predicted octanol–water partition coefficient (Wildman–Crippen LogP) is 1.86. The van der Waals surface area contributed by atoms with Crippen molar-refractivity contribution in [1.29, 1.82) is 5.53 Å². The molecule has 0 spiro atoms. The van der Waals surface area contributed by atoms with E-state index in [4.69, 9.17) is 11.3 Å². The molecule has 0 bridgehead atoms. The molecule has 0 aromatic carbocycles. The molecule has 52 valence electrons. The summed E-state index contributed by atoms with van der Waals surface area (Å²) in [4.78, 5) is 0. The lowest BCUT2D eigenvalue weighted by molar-refractivity contribution is 0.736. The van der Waals surface area contributed by atoms with Crippen LogP contribution in [-0.2, 0) is 0 Å². The first-order valence-corrected chi connectivity index (χ1v) is 2.93. The lowest BCUT2D eigenvalue weighted by Crippen LogP contribution is -2.06. The van der Waals surface area contributed by atoms with Crippen molar-refractivity contribution in [3.63, 3.8) is 0 Å². The number of allylic oxidation sites excluding steroid dienone is 2. The number of nitrogens with zero attached hydrogens (tertiary/aromatic N) is 1. The van der Waals surface area contributed by atoms with Crippen molar-refractivity contribution in [2.75, 3.05) is 0 Å². The molecule has 0 aliphatic carbocycles. The monoisotopic (exact) mass is 127 g/mol. The SMILES string of the molecule is C/C(N=N)=C(/N)C(C)C. The van der Waals surface area contributed by atoms with Gasteiger partial charge >= 0.3 is 0 Å². The summed E-state index contributed by atoms with van der Waals surface area (Å²) in [6.07, 6.45) is 0. The number of hydrogen-bond donors (Lipinski definition) is 2. The second-order valence-electron chi connectivity index (χ2n) is 2.31. The third-order valence-corrected chi connectivity index (χ3v) is 1.21. The molecule has 0 radical (unpaired) electrons. The van der Waals surface area contributed by atoms with Gasteiger partial charge in [-0.1, -0.05) is 13.8 Å². The van der Waals surface area contributed by atoms with E-state index in [1.807, 2.05) is 13.8 Å². The molecule has 0 aromatic rings. The van der Waals surface area contributed by atoms with E-state index in [-0.39, 0.29) is 0 Å². The summed E-state index contributed by atoms with van der Waals surface area (Å²) in [5.41, 5.74) is 13.5. The third-order valence-electron chi connectivity index (χ3n) is 1.21. The van der Waals surface area contributed by atoms with Crippen LogP contribution in [0.4, 0.5) is 0 Å². The van der Waals surface area contributed by atoms with Crippen molar-refractivity contribution in [2.45, 2.75) is 20.8 Å². The van der Waals surface area contributed by atoms with Gasteiger partial charge in [-0.2, -0.15) is 5.11 Å². The number of nitrogens with two attached hydrogens (primary N) is 1. The van der Waals surface area contributed by atoms with Crippen LogP contribution in [0.1, 0.15) is 20.8 Å². The van der Waals surface area contributed by atoms with Crippen molar-refractivity contribution >= 4 is 0 Å². The quantitative estimate of drug-likeness (QED) is 0.546. The van der Waals surface area contributed by atoms with E-state index >= 15 is 0 Å². The Kier molecular flexibility index (Phi) is 2.91. The van der Waals surface area contributed by atoms with Gasteiger partial charge in [0, 0.05) is 5.70 Å². The van der Waals surface area contributed by atoms with Crippen molar-refractivity contribution in [2.24, 2.45) is 16.8 Å². The molecule has 3 heteroatoms. The number of nitrogens with one attached hydrogen (secondary N) is 1. The van der Waals surface area contributed by atoms with Crippen LogP contribution in [-0.4, -0.2) is 0 Å². The Morgan fingerprint density at radius 3 is 2.11 bits per heavy atom. The average Bonchev–Trinajstić information content (AvgIpc) is 1.84. The summed E-state index contributed by atoms with van der Waals surface area (Å²) in [5.74, 6) is 0.291. The van der Waals surface area contributed by atoms with Crippen LogP contribution in [0.2, 0.25) is 0 Å². The van der Waals surface area contributed by atoms with Crippen LogP contribution >= 0.6 is 0 Å². The maximum Gasteiger partial charge on any atom is 0.0782 e. The molecule has 0 unspecified atom stereocenters. The topological polar surface area (TPSA) is 62.2 Å². The highest BCUT2D eigenvalue weighted by molar-refractivity contribution is 5.07. The van der Waals surface area contributed by atoms with Crippen molar-refractivity contribution in [3.8, 4) is 0 Å². The Bertz CT molecular complexity index is 135. The maximum atomic E-state index is 6.62. The molecule has 0 aromatic heterocycles. The van der Waals surface area contributed by atoms with Gasteiger partial charge in [-0.05, 0) is 12.8 Å². The summed E-state index contributed by atoms with van der Waals surface area (Å²) in [6, 6.07) is 0. The van der Waals surface area contributed by atoms with E-state index in [1.54, 1.807) is 6.92 Å². The largest absolute Gasteiger partial charge is 0.400 e. The Hall–Kier alpha value is -0.860. The van der Waals surface area contributed by atoms with Crippen molar-refractivity contribution in [1.82, 2.24) is 0 Å².